The Labute approximate surface area is 115 Å². The summed E-state index contributed by atoms with van der Waals surface area (Å²) < 4.78 is 5.81. The molecule has 0 bridgehead atoms. The molecule has 0 N–H and O–H groups in total. The highest BCUT2D eigenvalue weighted by Gasteiger charge is 2.10. The van der Waals surface area contributed by atoms with Crippen molar-refractivity contribution in [2.24, 2.45) is 0 Å². The molecule has 0 spiro atoms. The Bertz CT molecular complexity index is 818. The van der Waals surface area contributed by atoms with Crippen LogP contribution in [-0.2, 0) is 0 Å². The Morgan fingerprint density at radius 3 is 2.63 bits per heavy atom. The van der Waals surface area contributed by atoms with Crippen LogP contribution in [-0.4, -0.2) is 0 Å². The number of hydrogen-bond donors (Lipinski definition) is 0. The van der Waals surface area contributed by atoms with Crippen molar-refractivity contribution < 1.29 is 4.42 Å². The summed E-state index contributed by atoms with van der Waals surface area (Å²) in [4.78, 5) is 12.2. The molecular formula is C16H11ClO2. The monoisotopic (exact) mass is 270 g/mol. The molecule has 0 unspecified atom stereocenters. The van der Waals surface area contributed by atoms with E-state index in [1.165, 1.54) is 6.07 Å². The van der Waals surface area contributed by atoms with Crippen LogP contribution in [0.1, 0.15) is 5.56 Å². The smallest absolute Gasteiger partial charge is 0.193 e. The molecule has 0 saturated carbocycles. The lowest BCUT2D eigenvalue weighted by Crippen LogP contribution is -2.02. The van der Waals surface area contributed by atoms with Crippen LogP contribution < -0.4 is 5.43 Å². The average Bonchev–Trinajstić information content (AvgIpc) is 2.39. The fourth-order valence-corrected chi connectivity index (χ4v) is 2.40. The lowest BCUT2D eigenvalue weighted by Gasteiger charge is -2.06. The molecule has 0 atom stereocenters. The van der Waals surface area contributed by atoms with E-state index in [0.717, 1.165) is 11.1 Å². The number of benzene rings is 2. The topological polar surface area (TPSA) is 30.2 Å². The van der Waals surface area contributed by atoms with Crippen LogP contribution >= 0.6 is 11.6 Å². The highest BCUT2D eigenvalue weighted by Crippen LogP contribution is 2.29. The minimum atomic E-state index is -0.0470. The molecule has 2 nitrogen and oxygen atoms in total. The third-order valence-electron chi connectivity index (χ3n) is 3.10. The summed E-state index contributed by atoms with van der Waals surface area (Å²) in [6.45, 7) is 1.90. The molecule has 3 aromatic rings. The highest BCUT2D eigenvalue weighted by atomic mass is 35.5. The van der Waals surface area contributed by atoms with Crippen LogP contribution in [0.25, 0.3) is 22.3 Å². The largest absolute Gasteiger partial charge is 0.456 e. The van der Waals surface area contributed by atoms with Crippen molar-refractivity contribution in [1.29, 1.82) is 0 Å². The molecule has 1 heterocycles. The first-order valence-corrected chi connectivity index (χ1v) is 6.33. The predicted molar refractivity (Wildman–Crippen MR) is 77.7 cm³/mol. The summed E-state index contributed by atoms with van der Waals surface area (Å²) >= 11 is 6.13. The zero-order valence-corrected chi connectivity index (χ0v) is 11.1. The van der Waals surface area contributed by atoms with E-state index in [-0.39, 0.29) is 5.43 Å². The van der Waals surface area contributed by atoms with Gasteiger partial charge in [0, 0.05) is 11.6 Å². The maximum atomic E-state index is 12.2. The van der Waals surface area contributed by atoms with Gasteiger partial charge in [-0.1, -0.05) is 35.9 Å². The normalized spacial score (nSPS) is 10.8. The van der Waals surface area contributed by atoms with Crippen molar-refractivity contribution in [3.63, 3.8) is 0 Å². The van der Waals surface area contributed by atoms with Gasteiger partial charge in [0.1, 0.15) is 11.3 Å². The molecule has 0 aliphatic rings. The molecule has 3 heteroatoms. The number of aryl methyl sites for hydroxylation is 1. The molecule has 0 fully saturated rings. The molecule has 0 amide bonds. The third kappa shape index (κ3) is 2.04. The molecule has 94 valence electrons. The second kappa shape index (κ2) is 4.56. The van der Waals surface area contributed by atoms with Gasteiger partial charge in [0.25, 0.3) is 0 Å². The van der Waals surface area contributed by atoms with Gasteiger partial charge in [0.05, 0.1) is 10.4 Å². The molecule has 3 rings (SSSR count). The third-order valence-corrected chi connectivity index (χ3v) is 3.43. The first-order chi connectivity index (χ1) is 9.16. The molecule has 2 aromatic carbocycles. The van der Waals surface area contributed by atoms with E-state index >= 15 is 0 Å². The molecule has 19 heavy (non-hydrogen) atoms. The number of rotatable bonds is 1. The van der Waals surface area contributed by atoms with Crippen LogP contribution in [0.5, 0.6) is 0 Å². The van der Waals surface area contributed by atoms with Gasteiger partial charge < -0.3 is 4.42 Å². The second-order valence-corrected chi connectivity index (χ2v) is 4.81. The number of halogens is 1. The molecule has 1 aromatic heterocycles. The van der Waals surface area contributed by atoms with Gasteiger partial charge in [0.2, 0.25) is 0 Å². The van der Waals surface area contributed by atoms with Gasteiger partial charge in [-0.25, -0.2) is 0 Å². The van der Waals surface area contributed by atoms with E-state index in [1.807, 2.05) is 37.3 Å². The van der Waals surface area contributed by atoms with E-state index in [4.69, 9.17) is 16.0 Å². The molecule has 0 aliphatic heterocycles. The van der Waals surface area contributed by atoms with Gasteiger partial charge in [-0.15, -0.1) is 0 Å². The Morgan fingerprint density at radius 1 is 1.05 bits per heavy atom. The van der Waals surface area contributed by atoms with Crippen molar-refractivity contribution >= 4 is 22.6 Å². The lowest BCUT2D eigenvalue weighted by molar-refractivity contribution is 0.618. The standard InChI is InChI=1S/C16H11ClO2/c1-10-5-4-8-14-16(10)13(18)9-15(19-14)11-6-2-3-7-12(11)17/h2-9H,1H3. The van der Waals surface area contributed by atoms with Crippen molar-refractivity contribution in [1.82, 2.24) is 0 Å². The zero-order chi connectivity index (χ0) is 13.4. The zero-order valence-electron chi connectivity index (χ0n) is 10.3. The highest BCUT2D eigenvalue weighted by molar-refractivity contribution is 6.33. The van der Waals surface area contributed by atoms with Crippen molar-refractivity contribution in [2.45, 2.75) is 6.92 Å². The average molecular weight is 271 g/mol. The quantitative estimate of drug-likeness (QED) is 0.655. The van der Waals surface area contributed by atoms with Crippen LogP contribution in [0.2, 0.25) is 5.02 Å². The summed E-state index contributed by atoms with van der Waals surface area (Å²) in [6.07, 6.45) is 0. The summed E-state index contributed by atoms with van der Waals surface area (Å²) in [5, 5.41) is 1.19. The Kier molecular flexibility index (Phi) is 2.88. The maximum Gasteiger partial charge on any atom is 0.193 e. The van der Waals surface area contributed by atoms with E-state index in [0.29, 0.717) is 21.8 Å². The van der Waals surface area contributed by atoms with Crippen LogP contribution in [0.15, 0.2) is 57.7 Å². The first kappa shape index (κ1) is 12.0. The minimum absolute atomic E-state index is 0.0470. The van der Waals surface area contributed by atoms with Crippen LogP contribution in [0, 0.1) is 6.92 Å². The molecule has 0 saturated heterocycles. The van der Waals surface area contributed by atoms with Gasteiger partial charge in [-0.3, -0.25) is 4.79 Å². The Balaban J connectivity index is 2.34. The summed E-state index contributed by atoms with van der Waals surface area (Å²) in [6, 6.07) is 14.4. The Morgan fingerprint density at radius 2 is 1.84 bits per heavy atom. The SMILES string of the molecule is Cc1cccc2oc(-c3ccccc3Cl)cc(=O)c12. The van der Waals surface area contributed by atoms with Crippen molar-refractivity contribution in [3.8, 4) is 11.3 Å². The van der Waals surface area contributed by atoms with Crippen LogP contribution in [0.4, 0.5) is 0 Å². The van der Waals surface area contributed by atoms with Crippen LogP contribution in [0.3, 0.4) is 0 Å². The van der Waals surface area contributed by atoms with Gasteiger partial charge in [-0.05, 0) is 30.7 Å². The number of fused-ring (bicyclic) bond motifs is 1. The maximum absolute atomic E-state index is 12.2. The van der Waals surface area contributed by atoms with Gasteiger partial charge >= 0.3 is 0 Å². The fraction of sp³-hybridized carbons (Fsp3) is 0.0625. The summed E-state index contributed by atoms with van der Waals surface area (Å²) in [7, 11) is 0. The van der Waals surface area contributed by atoms with E-state index < -0.39 is 0 Å². The van der Waals surface area contributed by atoms with Gasteiger partial charge in [-0.2, -0.15) is 0 Å². The van der Waals surface area contributed by atoms with E-state index in [1.54, 1.807) is 12.1 Å². The summed E-state index contributed by atoms with van der Waals surface area (Å²) in [5.74, 6) is 0.494. The van der Waals surface area contributed by atoms with E-state index in [2.05, 4.69) is 0 Å². The van der Waals surface area contributed by atoms with Crippen molar-refractivity contribution in [2.75, 3.05) is 0 Å². The lowest BCUT2D eigenvalue weighted by atomic mass is 10.1. The van der Waals surface area contributed by atoms with E-state index in [9.17, 15) is 4.79 Å². The van der Waals surface area contributed by atoms with Crippen molar-refractivity contribution in [3.05, 3.63) is 69.3 Å². The molecular weight excluding hydrogens is 260 g/mol. The molecule has 0 radical (unpaired) electrons. The first-order valence-electron chi connectivity index (χ1n) is 5.95. The Hall–Kier alpha value is -2.06. The second-order valence-electron chi connectivity index (χ2n) is 4.40. The van der Waals surface area contributed by atoms with Gasteiger partial charge in [0.15, 0.2) is 5.43 Å². The predicted octanol–water partition coefficient (Wildman–Crippen LogP) is 4.42. The summed E-state index contributed by atoms with van der Waals surface area (Å²) in [5.41, 5.74) is 2.18. The molecule has 0 aliphatic carbocycles. The number of hydrogen-bond acceptors (Lipinski definition) is 2. The fourth-order valence-electron chi connectivity index (χ4n) is 2.17. The minimum Gasteiger partial charge on any atom is -0.456 e.